The highest BCUT2D eigenvalue weighted by Gasteiger charge is 2.16. The van der Waals surface area contributed by atoms with Crippen molar-refractivity contribution in [3.63, 3.8) is 0 Å². The third-order valence-electron chi connectivity index (χ3n) is 15.2. The van der Waals surface area contributed by atoms with E-state index in [2.05, 4.69) is 314 Å². The molecule has 0 spiro atoms. The minimum absolute atomic E-state index is 0.660. The Balaban J connectivity index is 0.824. The summed E-state index contributed by atoms with van der Waals surface area (Å²) in [5.74, 6) is 0.660. The lowest BCUT2D eigenvalue weighted by Gasteiger charge is -2.13. The summed E-state index contributed by atoms with van der Waals surface area (Å²) in [4.78, 5) is 10.8. The molecule has 3 heteroatoms. The Morgan fingerprint density at radius 1 is 0.190 bits per heavy atom. The molecule has 0 saturated carbocycles. The first-order valence-corrected chi connectivity index (χ1v) is 26.9. The Labute approximate surface area is 460 Å². The summed E-state index contributed by atoms with van der Waals surface area (Å²) < 4.78 is 2.37. The molecule has 0 amide bonds. The highest BCUT2D eigenvalue weighted by molar-refractivity contribution is 6.09. The molecule has 79 heavy (non-hydrogen) atoms. The molecule has 14 aromatic rings. The van der Waals surface area contributed by atoms with Gasteiger partial charge in [0.15, 0.2) is 5.82 Å². The molecule has 0 aliphatic carbocycles. The SMILES string of the molecule is c1ccc(-c2cccc(-c3cccc(-c4ccc(-c5cccc(-c6cc(-c7cccc(-c8cccc(-c9ccccc9)c8)c7)nc(-c7cccc(-c8cccc(-n9c%10ccccc%10c%10ccccc%109)c8)c7)n6)c5)cc4)c3)c2)cc1. The summed E-state index contributed by atoms with van der Waals surface area (Å²) in [6.45, 7) is 0. The number of rotatable bonds is 11. The molecule has 2 heterocycles. The summed E-state index contributed by atoms with van der Waals surface area (Å²) in [7, 11) is 0. The monoisotopic (exact) mass is 1010 g/mol. The fraction of sp³-hybridized carbons (Fsp3) is 0. The molecule has 0 atom stereocenters. The predicted octanol–water partition coefficient (Wildman–Crippen LogP) is 20.2. The molecule has 0 bridgehead atoms. The molecule has 12 aromatic carbocycles. The fourth-order valence-corrected chi connectivity index (χ4v) is 11.2. The largest absolute Gasteiger partial charge is 0.309 e. The van der Waals surface area contributed by atoms with Gasteiger partial charge in [-0.2, -0.15) is 0 Å². The van der Waals surface area contributed by atoms with Crippen LogP contribution in [-0.4, -0.2) is 14.5 Å². The van der Waals surface area contributed by atoms with Gasteiger partial charge in [0.05, 0.1) is 22.4 Å². The first kappa shape index (κ1) is 47.0. The third kappa shape index (κ3) is 9.41. The first-order valence-electron chi connectivity index (χ1n) is 26.9. The molecule has 370 valence electrons. The average Bonchev–Trinajstić information content (AvgIpc) is 4.03. The van der Waals surface area contributed by atoms with Crippen molar-refractivity contribution in [1.29, 1.82) is 0 Å². The molecule has 0 radical (unpaired) electrons. The zero-order valence-electron chi connectivity index (χ0n) is 43.3. The number of fused-ring (bicyclic) bond motifs is 3. The molecule has 14 rings (SSSR count). The topological polar surface area (TPSA) is 30.7 Å². The van der Waals surface area contributed by atoms with Crippen molar-refractivity contribution in [3.8, 4) is 117 Å². The van der Waals surface area contributed by atoms with Gasteiger partial charge in [0, 0.05) is 33.2 Å². The number of aromatic nitrogens is 3. The van der Waals surface area contributed by atoms with Gasteiger partial charge < -0.3 is 4.57 Å². The molecule has 2 aromatic heterocycles. The van der Waals surface area contributed by atoms with Crippen LogP contribution < -0.4 is 0 Å². The van der Waals surface area contributed by atoms with Crippen LogP contribution in [0.4, 0.5) is 0 Å². The highest BCUT2D eigenvalue weighted by atomic mass is 15.0. The van der Waals surface area contributed by atoms with Gasteiger partial charge in [-0.15, -0.1) is 0 Å². The Kier molecular flexibility index (Phi) is 12.2. The summed E-state index contributed by atoms with van der Waals surface area (Å²) in [6.07, 6.45) is 0. The van der Waals surface area contributed by atoms with Crippen molar-refractivity contribution >= 4 is 21.8 Å². The van der Waals surface area contributed by atoms with Crippen LogP contribution in [0.1, 0.15) is 0 Å². The van der Waals surface area contributed by atoms with Crippen LogP contribution in [0.3, 0.4) is 0 Å². The fourth-order valence-electron chi connectivity index (χ4n) is 11.2. The van der Waals surface area contributed by atoms with E-state index in [-0.39, 0.29) is 0 Å². The number of para-hydroxylation sites is 2. The molecule has 0 fully saturated rings. The van der Waals surface area contributed by atoms with Crippen LogP contribution in [0.15, 0.2) is 309 Å². The van der Waals surface area contributed by atoms with Crippen LogP contribution in [0, 0.1) is 0 Å². The van der Waals surface area contributed by atoms with Crippen molar-refractivity contribution in [3.05, 3.63) is 309 Å². The minimum Gasteiger partial charge on any atom is -0.309 e. The van der Waals surface area contributed by atoms with Gasteiger partial charge in [-0.25, -0.2) is 9.97 Å². The maximum Gasteiger partial charge on any atom is 0.160 e. The summed E-state index contributed by atoms with van der Waals surface area (Å²) in [5, 5.41) is 2.49. The molecule has 0 N–H and O–H groups in total. The van der Waals surface area contributed by atoms with Crippen molar-refractivity contribution in [2.24, 2.45) is 0 Å². The second-order valence-corrected chi connectivity index (χ2v) is 20.2. The van der Waals surface area contributed by atoms with Crippen LogP contribution in [0.2, 0.25) is 0 Å². The van der Waals surface area contributed by atoms with Crippen LogP contribution in [-0.2, 0) is 0 Å². The van der Waals surface area contributed by atoms with E-state index >= 15 is 0 Å². The molecular weight excluding hydrogens is 955 g/mol. The molecule has 0 unspecified atom stereocenters. The Morgan fingerprint density at radius 3 is 0.886 bits per heavy atom. The lowest BCUT2D eigenvalue weighted by Crippen LogP contribution is -1.97. The molecule has 3 nitrogen and oxygen atoms in total. The smallest absolute Gasteiger partial charge is 0.160 e. The van der Waals surface area contributed by atoms with Gasteiger partial charge in [-0.3, -0.25) is 0 Å². The Bertz CT molecular complexity index is 4480. The molecular formula is C76H51N3. The van der Waals surface area contributed by atoms with E-state index in [4.69, 9.17) is 9.97 Å². The number of nitrogens with zero attached hydrogens (tertiary/aromatic N) is 3. The normalized spacial score (nSPS) is 11.3. The van der Waals surface area contributed by atoms with E-state index in [0.29, 0.717) is 5.82 Å². The summed E-state index contributed by atoms with van der Waals surface area (Å²) in [6, 6.07) is 111. The lowest BCUT2D eigenvalue weighted by molar-refractivity contribution is 1.18. The van der Waals surface area contributed by atoms with E-state index in [1.54, 1.807) is 0 Å². The van der Waals surface area contributed by atoms with E-state index in [1.165, 1.54) is 66.3 Å². The van der Waals surface area contributed by atoms with Crippen molar-refractivity contribution < 1.29 is 0 Å². The molecule has 0 aliphatic rings. The van der Waals surface area contributed by atoms with Crippen molar-refractivity contribution in [2.45, 2.75) is 0 Å². The number of benzene rings is 12. The van der Waals surface area contributed by atoms with Gasteiger partial charge >= 0.3 is 0 Å². The van der Waals surface area contributed by atoms with Crippen molar-refractivity contribution in [2.75, 3.05) is 0 Å². The zero-order chi connectivity index (χ0) is 52.5. The zero-order valence-corrected chi connectivity index (χ0v) is 43.3. The maximum absolute atomic E-state index is 5.42. The van der Waals surface area contributed by atoms with E-state index in [1.807, 2.05) is 0 Å². The molecule has 0 aliphatic heterocycles. The number of hydrogen-bond acceptors (Lipinski definition) is 2. The van der Waals surface area contributed by atoms with Crippen molar-refractivity contribution in [1.82, 2.24) is 14.5 Å². The van der Waals surface area contributed by atoms with Gasteiger partial charge in [-0.05, 0) is 145 Å². The standard InChI is InChI=1S/C76H51N3/c1-3-18-52(19-4-1)56-22-11-26-60(44-56)61-27-13-24-58(46-61)54-40-42-55(43-41-54)59-25-14-32-66(47-59)72-51-73(67-33-15-29-63(48-67)62-28-12-23-57(45-62)53-20-5-2-6-21-53)78-76(77-72)68-34-16-30-64(49-68)65-31-17-35-69(50-65)79-74-38-9-7-36-70(74)71-37-8-10-39-75(71)79/h1-51H. The molecule has 0 saturated heterocycles. The Hall–Kier alpha value is -10.5. The summed E-state index contributed by atoms with van der Waals surface area (Å²) >= 11 is 0. The van der Waals surface area contributed by atoms with E-state index < -0.39 is 0 Å². The van der Waals surface area contributed by atoms with Crippen LogP contribution in [0.5, 0.6) is 0 Å². The van der Waals surface area contributed by atoms with E-state index in [9.17, 15) is 0 Å². The van der Waals surface area contributed by atoms with Crippen LogP contribution >= 0.6 is 0 Å². The lowest BCUT2D eigenvalue weighted by atomic mass is 9.95. The average molecular weight is 1010 g/mol. The minimum atomic E-state index is 0.660. The summed E-state index contributed by atoms with van der Waals surface area (Å²) in [5.41, 5.74) is 24.4. The first-order chi connectivity index (χ1) is 39.1. The maximum atomic E-state index is 5.42. The quantitative estimate of drug-likeness (QED) is 0.129. The number of hydrogen-bond donors (Lipinski definition) is 0. The van der Waals surface area contributed by atoms with Gasteiger partial charge in [0.25, 0.3) is 0 Å². The second-order valence-electron chi connectivity index (χ2n) is 20.2. The predicted molar refractivity (Wildman–Crippen MR) is 331 cm³/mol. The Morgan fingerprint density at radius 2 is 0.468 bits per heavy atom. The van der Waals surface area contributed by atoms with Gasteiger partial charge in [0.2, 0.25) is 0 Å². The second kappa shape index (κ2) is 20.6. The van der Waals surface area contributed by atoms with E-state index in [0.717, 1.165) is 67.1 Å². The van der Waals surface area contributed by atoms with Gasteiger partial charge in [0.1, 0.15) is 0 Å². The van der Waals surface area contributed by atoms with Gasteiger partial charge in [-0.1, -0.05) is 243 Å². The van der Waals surface area contributed by atoms with Crippen LogP contribution in [0.25, 0.3) is 139 Å². The third-order valence-corrected chi connectivity index (χ3v) is 15.2. The highest BCUT2D eigenvalue weighted by Crippen LogP contribution is 2.38.